The van der Waals surface area contributed by atoms with E-state index in [1.807, 2.05) is 0 Å². The molecule has 4 fully saturated rings. The summed E-state index contributed by atoms with van der Waals surface area (Å²) in [6.07, 6.45) is 8.85. The molecule has 4 bridgehead atoms. The molecule has 6 rings (SSSR count). The zero-order chi connectivity index (χ0) is 18.8. The van der Waals surface area contributed by atoms with Crippen molar-refractivity contribution in [1.82, 2.24) is 14.8 Å². The highest BCUT2D eigenvalue weighted by atomic mass is 32.1. The number of amides is 1. The predicted molar refractivity (Wildman–Crippen MR) is 99.8 cm³/mol. The van der Waals surface area contributed by atoms with E-state index < -0.39 is 10.8 Å². The van der Waals surface area contributed by atoms with E-state index in [0.29, 0.717) is 5.13 Å². The molecule has 9 heteroatoms. The maximum atomic E-state index is 12.6. The molecule has 0 atom stereocenters. The van der Waals surface area contributed by atoms with Crippen molar-refractivity contribution in [2.45, 2.75) is 43.9 Å². The molecular weight excluding hydrogens is 366 g/mol. The predicted octanol–water partition coefficient (Wildman–Crippen LogP) is 3.50. The number of hydrogen-bond donors (Lipinski definition) is 1. The highest BCUT2D eigenvalue weighted by Crippen LogP contribution is 2.60. The number of carbonyl (C=O) groups is 1. The van der Waals surface area contributed by atoms with Gasteiger partial charge in [0.05, 0.1) is 10.6 Å². The molecule has 4 aliphatic carbocycles. The number of anilines is 1. The Morgan fingerprint density at radius 1 is 1.30 bits per heavy atom. The first-order valence-electron chi connectivity index (χ1n) is 9.37. The van der Waals surface area contributed by atoms with E-state index >= 15 is 0 Å². The monoisotopic (exact) mass is 387 g/mol. The molecule has 4 saturated carbocycles. The molecule has 1 N–H and O–H groups in total. The summed E-state index contributed by atoms with van der Waals surface area (Å²) in [5, 5.41) is 20.3. The fourth-order valence-electron chi connectivity index (χ4n) is 5.98. The zero-order valence-corrected chi connectivity index (χ0v) is 15.9. The van der Waals surface area contributed by atoms with E-state index in [0.717, 1.165) is 29.6 Å². The van der Waals surface area contributed by atoms with Crippen molar-refractivity contribution in [2.75, 3.05) is 5.32 Å². The summed E-state index contributed by atoms with van der Waals surface area (Å²) in [6.45, 7) is 0. The lowest BCUT2D eigenvalue weighted by molar-refractivity contribution is -0.385. The van der Waals surface area contributed by atoms with Crippen LogP contribution in [-0.2, 0) is 12.5 Å². The molecule has 142 valence electrons. The fourth-order valence-corrected chi connectivity index (χ4v) is 6.81. The number of aryl methyl sites for hydroxylation is 1. The van der Waals surface area contributed by atoms with E-state index in [2.05, 4.69) is 15.8 Å². The summed E-state index contributed by atoms with van der Waals surface area (Å²) in [7, 11) is 1.52. The van der Waals surface area contributed by atoms with Crippen LogP contribution in [0.1, 0.15) is 54.7 Å². The number of carbonyl (C=O) groups excluding carboxylic acids is 1. The van der Waals surface area contributed by atoms with Crippen molar-refractivity contribution in [3.63, 3.8) is 0 Å². The lowest BCUT2D eigenvalue weighted by atomic mass is 9.49. The Bertz CT molecular complexity index is 898. The van der Waals surface area contributed by atoms with Crippen LogP contribution in [0.25, 0.3) is 0 Å². The number of nitrogens with one attached hydrogen (secondary N) is 1. The van der Waals surface area contributed by atoms with Crippen molar-refractivity contribution in [3.05, 3.63) is 33.1 Å². The summed E-state index contributed by atoms with van der Waals surface area (Å²) in [5.74, 6) is 1.93. The van der Waals surface area contributed by atoms with Crippen molar-refractivity contribution >= 4 is 28.1 Å². The minimum atomic E-state index is -0.593. The van der Waals surface area contributed by atoms with E-state index in [-0.39, 0.29) is 16.8 Å². The SMILES string of the molecule is Cn1ncc([N+](=O)[O-])c1C(=O)Nc1nc(C23CC4CC(CC(C4)C2)C3)cs1. The molecule has 27 heavy (non-hydrogen) atoms. The lowest BCUT2D eigenvalue weighted by Crippen LogP contribution is -2.48. The van der Waals surface area contributed by atoms with Crippen molar-refractivity contribution in [2.24, 2.45) is 24.8 Å². The molecule has 4 aliphatic rings. The third-order valence-corrected chi connectivity index (χ3v) is 7.40. The van der Waals surface area contributed by atoms with Crippen LogP contribution in [0.2, 0.25) is 0 Å². The van der Waals surface area contributed by atoms with Gasteiger partial charge >= 0.3 is 5.69 Å². The van der Waals surface area contributed by atoms with Gasteiger partial charge in [-0.3, -0.25) is 24.9 Å². The molecule has 2 aromatic heterocycles. The maximum absolute atomic E-state index is 12.6. The van der Waals surface area contributed by atoms with Crippen LogP contribution in [0.4, 0.5) is 10.8 Å². The Labute approximate surface area is 160 Å². The highest BCUT2D eigenvalue weighted by molar-refractivity contribution is 7.14. The normalized spacial score (nSPS) is 31.2. The van der Waals surface area contributed by atoms with Crippen LogP contribution < -0.4 is 5.32 Å². The molecule has 0 radical (unpaired) electrons. The van der Waals surface area contributed by atoms with Crippen molar-refractivity contribution in [3.8, 4) is 0 Å². The Hall–Kier alpha value is -2.29. The zero-order valence-electron chi connectivity index (χ0n) is 15.1. The van der Waals surface area contributed by atoms with Crippen LogP contribution in [0.3, 0.4) is 0 Å². The molecule has 2 aromatic rings. The molecular formula is C18H21N5O3S. The summed E-state index contributed by atoms with van der Waals surface area (Å²) in [5.41, 5.74) is 0.910. The topological polar surface area (TPSA) is 103 Å². The third-order valence-electron chi connectivity index (χ3n) is 6.64. The largest absolute Gasteiger partial charge is 0.320 e. The highest BCUT2D eigenvalue weighted by Gasteiger charge is 2.52. The van der Waals surface area contributed by atoms with E-state index in [1.165, 1.54) is 61.6 Å². The average molecular weight is 387 g/mol. The Morgan fingerprint density at radius 2 is 1.93 bits per heavy atom. The number of aromatic nitrogens is 3. The number of hydrogen-bond acceptors (Lipinski definition) is 6. The van der Waals surface area contributed by atoms with Gasteiger partial charge in [-0.15, -0.1) is 11.3 Å². The molecule has 0 aliphatic heterocycles. The minimum Gasteiger partial charge on any atom is -0.296 e. The van der Waals surface area contributed by atoms with Gasteiger partial charge in [0, 0.05) is 17.8 Å². The van der Waals surface area contributed by atoms with Crippen molar-refractivity contribution in [1.29, 1.82) is 0 Å². The summed E-state index contributed by atoms with van der Waals surface area (Å²) >= 11 is 1.40. The first kappa shape index (κ1) is 16.9. The van der Waals surface area contributed by atoms with Crippen molar-refractivity contribution < 1.29 is 9.72 Å². The second-order valence-corrected chi connectivity index (χ2v) is 9.31. The Kier molecular flexibility index (Phi) is 3.65. The molecule has 0 saturated heterocycles. The quantitative estimate of drug-likeness (QED) is 0.639. The van der Waals surface area contributed by atoms with Gasteiger partial charge in [-0.1, -0.05) is 0 Å². The summed E-state index contributed by atoms with van der Waals surface area (Å²) in [4.78, 5) is 27.8. The minimum absolute atomic E-state index is 0.0634. The van der Waals surface area contributed by atoms with E-state index in [4.69, 9.17) is 4.98 Å². The molecule has 1 amide bonds. The van der Waals surface area contributed by atoms with Gasteiger partial charge in [0.1, 0.15) is 6.20 Å². The van der Waals surface area contributed by atoms with E-state index in [1.54, 1.807) is 0 Å². The second-order valence-electron chi connectivity index (χ2n) is 8.45. The Morgan fingerprint density at radius 3 is 2.52 bits per heavy atom. The lowest BCUT2D eigenvalue weighted by Gasteiger charge is -2.56. The average Bonchev–Trinajstić information content (AvgIpc) is 3.20. The van der Waals surface area contributed by atoms with Gasteiger partial charge in [0.25, 0.3) is 5.91 Å². The number of nitro groups is 1. The maximum Gasteiger partial charge on any atom is 0.320 e. The van der Waals surface area contributed by atoms with Gasteiger partial charge in [0.15, 0.2) is 5.13 Å². The van der Waals surface area contributed by atoms with Gasteiger partial charge in [-0.2, -0.15) is 5.10 Å². The van der Waals surface area contributed by atoms with Gasteiger partial charge in [-0.25, -0.2) is 4.98 Å². The number of nitrogens with zero attached hydrogens (tertiary/aromatic N) is 4. The smallest absolute Gasteiger partial charge is 0.296 e. The van der Waals surface area contributed by atoms with Gasteiger partial charge < -0.3 is 0 Å². The van der Waals surface area contributed by atoms with Crippen LogP contribution in [0.5, 0.6) is 0 Å². The van der Waals surface area contributed by atoms with Crippen LogP contribution in [-0.4, -0.2) is 25.6 Å². The summed E-state index contributed by atoms with van der Waals surface area (Å²) in [6, 6.07) is 0. The first-order chi connectivity index (χ1) is 12.9. The fraction of sp³-hybridized carbons (Fsp3) is 0.611. The molecule has 8 nitrogen and oxygen atoms in total. The number of rotatable bonds is 4. The molecule has 0 aromatic carbocycles. The molecule has 0 spiro atoms. The standard InChI is InChI=1S/C18H21N5O3S/c1-22-15(13(8-19-22)23(25)26)16(24)21-17-20-14(9-27-17)18-5-10-2-11(6-18)4-12(3-10)7-18/h8-12H,2-7H2,1H3,(H,20,21,24). The second kappa shape index (κ2) is 5.85. The van der Waals surface area contributed by atoms with Gasteiger partial charge in [-0.05, 0) is 56.3 Å². The summed E-state index contributed by atoms with van der Waals surface area (Å²) < 4.78 is 1.22. The molecule has 0 unspecified atom stereocenters. The first-order valence-corrected chi connectivity index (χ1v) is 10.3. The van der Waals surface area contributed by atoms with Crippen LogP contribution >= 0.6 is 11.3 Å². The Balaban J connectivity index is 1.38. The third kappa shape index (κ3) is 2.67. The van der Waals surface area contributed by atoms with Crippen LogP contribution in [0.15, 0.2) is 11.6 Å². The van der Waals surface area contributed by atoms with E-state index in [9.17, 15) is 14.9 Å². The van der Waals surface area contributed by atoms with Crippen LogP contribution in [0, 0.1) is 27.9 Å². The molecule has 2 heterocycles. The van der Waals surface area contributed by atoms with Gasteiger partial charge in [0.2, 0.25) is 5.69 Å². The number of thiazole rings is 1.